The van der Waals surface area contributed by atoms with Crippen molar-refractivity contribution in [1.29, 1.82) is 0 Å². The summed E-state index contributed by atoms with van der Waals surface area (Å²) in [5.74, 6) is 0.728. The molecule has 2 N–H and O–H groups in total. The van der Waals surface area contributed by atoms with E-state index in [2.05, 4.69) is 15.3 Å². The van der Waals surface area contributed by atoms with Crippen molar-refractivity contribution >= 4 is 5.91 Å². The smallest absolute Gasteiger partial charge is 0.246 e. The van der Waals surface area contributed by atoms with Crippen molar-refractivity contribution in [1.82, 2.24) is 15.3 Å². The molecule has 1 heterocycles. The summed E-state index contributed by atoms with van der Waals surface area (Å²) in [6, 6.07) is 0. The molecule has 0 radical (unpaired) electrons. The molecule has 0 aromatic carbocycles. The number of nitrogens with zero attached hydrogens (tertiary/aromatic N) is 1. The van der Waals surface area contributed by atoms with Crippen LogP contribution in [0.4, 0.5) is 0 Å². The normalized spacial score (nSPS) is 11.4. The molecule has 0 spiro atoms. The average molecular weight is 193 g/mol. The molecule has 76 valence electrons. The van der Waals surface area contributed by atoms with Gasteiger partial charge in [-0.05, 0) is 13.3 Å². The molecule has 4 heteroatoms. The summed E-state index contributed by atoms with van der Waals surface area (Å²) in [5, 5.41) is 2.77. The number of aromatic nitrogens is 2. The van der Waals surface area contributed by atoms with E-state index in [1.165, 1.54) is 0 Å². The van der Waals surface area contributed by atoms with Crippen LogP contribution in [0.2, 0.25) is 0 Å². The topological polar surface area (TPSA) is 57.8 Å². The van der Waals surface area contributed by atoms with E-state index in [1.54, 1.807) is 19.3 Å². The molecule has 0 saturated heterocycles. The van der Waals surface area contributed by atoms with Crippen LogP contribution in [0.5, 0.6) is 0 Å². The molecule has 0 aliphatic rings. The summed E-state index contributed by atoms with van der Waals surface area (Å²) in [6.07, 6.45) is 6.17. The Morgan fingerprint density at radius 3 is 3.07 bits per heavy atom. The van der Waals surface area contributed by atoms with Crippen molar-refractivity contribution in [2.75, 3.05) is 0 Å². The number of rotatable bonds is 4. The van der Waals surface area contributed by atoms with E-state index in [4.69, 9.17) is 0 Å². The molecule has 4 nitrogen and oxygen atoms in total. The van der Waals surface area contributed by atoms with E-state index in [-0.39, 0.29) is 5.91 Å². The fourth-order valence-corrected chi connectivity index (χ4v) is 1.10. The highest BCUT2D eigenvalue weighted by molar-refractivity contribution is 5.92. The molecule has 0 fully saturated rings. The van der Waals surface area contributed by atoms with Crippen LogP contribution in [0.25, 0.3) is 0 Å². The van der Waals surface area contributed by atoms with Gasteiger partial charge in [0.25, 0.3) is 0 Å². The molecule has 14 heavy (non-hydrogen) atoms. The Morgan fingerprint density at radius 1 is 1.71 bits per heavy atom. The van der Waals surface area contributed by atoms with Gasteiger partial charge in [-0.3, -0.25) is 4.79 Å². The zero-order chi connectivity index (χ0) is 10.4. The van der Waals surface area contributed by atoms with E-state index in [0.29, 0.717) is 6.54 Å². The predicted octanol–water partition coefficient (Wildman–Crippen LogP) is 1.38. The van der Waals surface area contributed by atoms with Crippen molar-refractivity contribution in [3.8, 4) is 0 Å². The fraction of sp³-hybridized carbons (Fsp3) is 0.400. The van der Waals surface area contributed by atoms with E-state index in [1.807, 2.05) is 13.0 Å². The van der Waals surface area contributed by atoms with Gasteiger partial charge in [0, 0.05) is 18.0 Å². The number of allylic oxidation sites excluding steroid dienone is 1. The molecule has 0 aliphatic carbocycles. The molecule has 1 amide bonds. The van der Waals surface area contributed by atoms with Crippen LogP contribution in [-0.4, -0.2) is 15.9 Å². The van der Waals surface area contributed by atoms with Gasteiger partial charge in [-0.25, -0.2) is 4.98 Å². The number of hydrogen-bond donors (Lipinski definition) is 2. The summed E-state index contributed by atoms with van der Waals surface area (Å²) < 4.78 is 0. The Balaban J connectivity index is 2.39. The van der Waals surface area contributed by atoms with Crippen LogP contribution >= 0.6 is 0 Å². The zero-order valence-corrected chi connectivity index (χ0v) is 8.50. The molecule has 0 aliphatic heterocycles. The third-order valence-electron chi connectivity index (χ3n) is 1.84. The maximum absolute atomic E-state index is 11.4. The van der Waals surface area contributed by atoms with Gasteiger partial charge in [0.05, 0.1) is 6.54 Å². The van der Waals surface area contributed by atoms with E-state index >= 15 is 0 Å². The Morgan fingerprint density at radius 2 is 2.50 bits per heavy atom. The number of hydrogen-bond acceptors (Lipinski definition) is 2. The highest BCUT2D eigenvalue weighted by Crippen LogP contribution is 1.95. The number of carbonyl (C=O) groups is 1. The van der Waals surface area contributed by atoms with Gasteiger partial charge in [0.15, 0.2) is 0 Å². The first-order valence-corrected chi connectivity index (χ1v) is 4.67. The number of H-pyrrole nitrogens is 1. The Bertz CT molecular complexity index is 314. The SMILES string of the molecule is CCC=C(C)C(=O)NCc1ncc[nH]1. The van der Waals surface area contributed by atoms with Gasteiger partial charge in [0.2, 0.25) is 5.91 Å². The number of nitrogens with one attached hydrogen (secondary N) is 2. The molecule has 0 bridgehead atoms. The molecule has 1 rings (SSSR count). The van der Waals surface area contributed by atoms with Crippen molar-refractivity contribution < 1.29 is 4.79 Å². The Hall–Kier alpha value is -1.58. The van der Waals surface area contributed by atoms with Gasteiger partial charge < -0.3 is 10.3 Å². The van der Waals surface area contributed by atoms with Crippen LogP contribution in [0, 0.1) is 0 Å². The van der Waals surface area contributed by atoms with E-state index in [0.717, 1.165) is 17.8 Å². The maximum Gasteiger partial charge on any atom is 0.246 e. The van der Waals surface area contributed by atoms with Crippen LogP contribution in [0.3, 0.4) is 0 Å². The van der Waals surface area contributed by atoms with Gasteiger partial charge in [-0.15, -0.1) is 0 Å². The van der Waals surface area contributed by atoms with Gasteiger partial charge in [0.1, 0.15) is 5.82 Å². The minimum Gasteiger partial charge on any atom is -0.347 e. The lowest BCUT2D eigenvalue weighted by atomic mass is 10.2. The Labute approximate surface area is 83.4 Å². The molecule has 0 saturated carbocycles. The first-order valence-electron chi connectivity index (χ1n) is 4.67. The quantitative estimate of drug-likeness (QED) is 0.710. The average Bonchev–Trinajstić information content (AvgIpc) is 2.67. The summed E-state index contributed by atoms with van der Waals surface area (Å²) in [7, 11) is 0. The Kier molecular flexibility index (Phi) is 3.91. The minimum absolute atomic E-state index is 0.0387. The second-order valence-corrected chi connectivity index (χ2v) is 3.01. The number of amides is 1. The van der Waals surface area contributed by atoms with Crippen LogP contribution in [0.15, 0.2) is 24.0 Å². The van der Waals surface area contributed by atoms with Crippen LogP contribution in [0.1, 0.15) is 26.1 Å². The molecule has 0 atom stereocenters. The molecule has 1 aromatic heterocycles. The van der Waals surface area contributed by atoms with Gasteiger partial charge in [-0.1, -0.05) is 13.0 Å². The predicted molar refractivity (Wildman–Crippen MR) is 54.5 cm³/mol. The number of imidazole rings is 1. The summed E-state index contributed by atoms with van der Waals surface area (Å²) in [6.45, 7) is 4.25. The largest absolute Gasteiger partial charge is 0.347 e. The highest BCUT2D eigenvalue weighted by Gasteiger charge is 2.03. The third-order valence-corrected chi connectivity index (χ3v) is 1.84. The highest BCUT2D eigenvalue weighted by atomic mass is 16.1. The second kappa shape index (κ2) is 5.21. The van der Waals surface area contributed by atoms with E-state index < -0.39 is 0 Å². The van der Waals surface area contributed by atoms with Crippen molar-refractivity contribution in [2.45, 2.75) is 26.8 Å². The standard InChI is InChI=1S/C10H15N3O/c1-3-4-8(2)10(14)13-7-9-11-5-6-12-9/h4-6H,3,7H2,1-2H3,(H,11,12)(H,13,14). The third kappa shape index (κ3) is 3.05. The van der Waals surface area contributed by atoms with Crippen LogP contribution in [-0.2, 0) is 11.3 Å². The molecular weight excluding hydrogens is 178 g/mol. The number of carbonyl (C=O) groups excluding carboxylic acids is 1. The minimum atomic E-state index is -0.0387. The van der Waals surface area contributed by atoms with E-state index in [9.17, 15) is 4.79 Å². The second-order valence-electron chi connectivity index (χ2n) is 3.01. The maximum atomic E-state index is 11.4. The first-order chi connectivity index (χ1) is 6.74. The monoisotopic (exact) mass is 193 g/mol. The molecule has 0 unspecified atom stereocenters. The van der Waals surface area contributed by atoms with Gasteiger partial charge >= 0.3 is 0 Å². The molecular formula is C10H15N3O. The zero-order valence-electron chi connectivity index (χ0n) is 8.50. The lowest BCUT2D eigenvalue weighted by Gasteiger charge is -2.02. The molecule has 1 aromatic rings. The summed E-state index contributed by atoms with van der Waals surface area (Å²) >= 11 is 0. The van der Waals surface area contributed by atoms with Gasteiger partial charge in [-0.2, -0.15) is 0 Å². The summed E-state index contributed by atoms with van der Waals surface area (Å²) in [4.78, 5) is 18.3. The van der Waals surface area contributed by atoms with Crippen molar-refractivity contribution in [3.63, 3.8) is 0 Å². The van der Waals surface area contributed by atoms with Crippen LogP contribution < -0.4 is 5.32 Å². The fourth-order valence-electron chi connectivity index (χ4n) is 1.10. The van der Waals surface area contributed by atoms with Crippen molar-refractivity contribution in [3.05, 3.63) is 29.9 Å². The lowest BCUT2D eigenvalue weighted by molar-refractivity contribution is -0.117. The number of aromatic amines is 1. The first kappa shape index (κ1) is 10.5. The van der Waals surface area contributed by atoms with Crippen molar-refractivity contribution in [2.24, 2.45) is 0 Å². The summed E-state index contributed by atoms with van der Waals surface area (Å²) in [5.41, 5.74) is 0.749. The lowest BCUT2D eigenvalue weighted by Crippen LogP contribution is -2.24.